The summed E-state index contributed by atoms with van der Waals surface area (Å²) < 4.78 is 0. The van der Waals surface area contributed by atoms with Gasteiger partial charge in [-0.2, -0.15) is 0 Å². The van der Waals surface area contributed by atoms with Gasteiger partial charge in [-0.1, -0.05) is 32.0 Å². The number of hydrogen-bond donors (Lipinski definition) is 1. The highest BCUT2D eigenvalue weighted by Crippen LogP contribution is 2.17. The van der Waals surface area contributed by atoms with Crippen molar-refractivity contribution in [2.45, 2.75) is 53.1 Å². The van der Waals surface area contributed by atoms with Crippen LogP contribution < -0.4 is 5.32 Å². The summed E-state index contributed by atoms with van der Waals surface area (Å²) in [6.07, 6.45) is 0. The Morgan fingerprint density at radius 2 is 1.58 bits per heavy atom. The maximum atomic E-state index is 3.58. The van der Waals surface area contributed by atoms with Crippen LogP contribution in [0.2, 0.25) is 0 Å². The van der Waals surface area contributed by atoms with E-state index in [0.717, 1.165) is 13.1 Å². The van der Waals surface area contributed by atoms with E-state index in [-0.39, 0.29) is 5.54 Å². The average Bonchev–Trinajstić information content (AvgIpc) is 2.27. The molecule has 0 bridgehead atoms. The van der Waals surface area contributed by atoms with Crippen LogP contribution in [0.15, 0.2) is 30.3 Å². The Kier molecular flexibility index (Phi) is 5.86. The highest BCUT2D eigenvalue weighted by atomic mass is 15.2. The molecule has 1 rings (SSSR count). The first-order valence-electron chi connectivity index (χ1n) is 7.35. The molecule has 19 heavy (non-hydrogen) atoms. The maximum absolute atomic E-state index is 3.58. The maximum Gasteiger partial charge on any atom is 0.0360 e. The molecule has 0 aliphatic heterocycles. The Morgan fingerprint density at radius 1 is 1.00 bits per heavy atom. The molecule has 0 aliphatic carbocycles. The molecule has 0 aromatic heterocycles. The lowest BCUT2D eigenvalue weighted by atomic mass is 10.0. The van der Waals surface area contributed by atoms with Gasteiger partial charge in [-0.05, 0) is 45.7 Å². The van der Waals surface area contributed by atoms with Crippen LogP contribution in [0.3, 0.4) is 0 Å². The van der Waals surface area contributed by atoms with Gasteiger partial charge in [0.25, 0.3) is 0 Å². The SMILES string of the molecule is CC(C)CN(CC(C)Nc1ccccc1)C(C)(C)C. The molecule has 0 aliphatic rings. The Hall–Kier alpha value is -1.02. The Morgan fingerprint density at radius 3 is 2.05 bits per heavy atom. The highest BCUT2D eigenvalue weighted by molar-refractivity contribution is 5.43. The van der Waals surface area contributed by atoms with Crippen LogP contribution in [-0.2, 0) is 0 Å². The van der Waals surface area contributed by atoms with Crippen molar-refractivity contribution in [1.82, 2.24) is 4.90 Å². The van der Waals surface area contributed by atoms with Crippen LogP contribution in [0, 0.1) is 5.92 Å². The van der Waals surface area contributed by atoms with E-state index in [0.29, 0.717) is 12.0 Å². The van der Waals surface area contributed by atoms with Crippen LogP contribution in [-0.4, -0.2) is 29.6 Å². The molecule has 1 N–H and O–H groups in total. The van der Waals surface area contributed by atoms with E-state index < -0.39 is 0 Å². The number of nitrogens with one attached hydrogen (secondary N) is 1. The molecule has 0 saturated heterocycles. The van der Waals surface area contributed by atoms with Gasteiger partial charge in [0.2, 0.25) is 0 Å². The van der Waals surface area contributed by atoms with Gasteiger partial charge < -0.3 is 5.32 Å². The summed E-state index contributed by atoms with van der Waals surface area (Å²) >= 11 is 0. The Bertz CT molecular complexity index is 351. The summed E-state index contributed by atoms with van der Waals surface area (Å²) in [7, 11) is 0. The molecule has 1 aromatic carbocycles. The van der Waals surface area contributed by atoms with Crippen LogP contribution in [0.5, 0.6) is 0 Å². The van der Waals surface area contributed by atoms with Crippen molar-refractivity contribution in [2.24, 2.45) is 5.92 Å². The molecule has 0 spiro atoms. The topological polar surface area (TPSA) is 15.3 Å². The van der Waals surface area contributed by atoms with Crippen molar-refractivity contribution >= 4 is 5.69 Å². The second-order valence-corrected chi connectivity index (χ2v) is 6.88. The van der Waals surface area contributed by atoms with E-state index in [1.54, 1.807) is 0 Å². The summed E-state index contributed by atoms with van der Waals surface area (Å²) in [6, 6.07) is 10.9. The zero-order valence-corrected chi connectivity index (χ0v) is 13.4. The molecule has 0 radical (unpaired) electrons. The number of hydrogen-bond acceptors (Lipinski definition) is 2. The summed E-state index contributed by atoms with van der Waals surface area (Å²) in [5.41, 5.74) is 1.42. The minimum Gasteiger partial charge on any atom is -0.381 e. The lowest BCUT2D eigenvalue weighted by Gasteiger charge is -2.39. The molecule has 1 unspecified atom stereocenters. The molecular formula is C17H30N2. The van der Waals surface area contributed by atoms with E-state index in [2.05, 4.69) is 82.1 Å². The Balaban J connectivity index is 2.58. The second kappa shape index (κ2) is 6.95. The van der Waals surface area contributed by atoms with Crippen molar-refractivity contribution < 1.29 is 0 Å². The molecule has 0 fully saturated rings. The first-order valence-corrected chi connectivity index (χ1v) is 7.35. The largest absolute Gasteiger partial charge is 0.381 e. The third-order valence-corrected chi connectivity index (χ3v) is 3.22. The van der Waals surface area contributed by atoms with Gasteiger partial charge in [0.15, 0.2) is 0 Å². The monoisotopic (exact) mass is 262 g/mol. The van der Waals surface area contributed by atoms with Crippen LogP contribution in [0.1, 0.15) is 41.5 Å². The summed E-state index contributed by atoms with van der Waals surface area (Å²) in [6.45, 7) is 15.9. The van der Waals surface area contributed by atoms with Crippen molar-refractivity contribution in [3.8, 4) is 0 Å². The summed E-state index contributed by atoms with van der Waals surface area (Å²) in [5.74, 6) is 0.697. The number of rotatable bonds is 6. The molecule has 2 heteroatoms. The van der Waals surface area contributed by atoms with Gasteiger partial charge in [0.1, 0.15) is 0 Å². The van der Waals surface area contributed by atoms with Gasteiger partial charge >= 0.3 is 0 Å². The van der Waals surface area contributed by atoms with E-state index in [1.807, 2.05) is 0 Å². The zero-order valence-electron chi connectivity index (χ0n) is 13.4. The van der Waals surface area contributed by atoms with E-state index in [1.165, 1.54) is 5.69 Å². The van der Waals surface area contributed by atoms with Gasteiger partial charge in [-0.3, -0.25) is 4.90 Å². The van der Waals surface area contributed by atoms with Crippen molar-refractivity contribution in [2.75, 3.05) is 18.4 Å². The lowest BCUT2D eigenvalue weighted by Crippen LogP contribution is -2.48. The fraction of sp³-hybridized carbons (Fsp3) is 0.647. The third kappa shape index (κ3) is 6.11. The standard InChI is InChI=1S/C17H30N2/c1-14(2)12-19(17(4,5)6)13-15(3)18-16-10-8-7-9-11-16/h7-11,14-15,18H,12-13H2,1-6H3. The smallest absolute Gasteiger partial charge is 0.0360 e. The first kappa shape index (κ1) is 16.0. The lowest BCUT2D eigenvalue weighted by molar-refractivity contribution is 0.116. The molecule has 0 saturated carbocycles. The average molecular weight is 262 g/mol. The molecular weight excluding hydrogens is 232 g/mol. The molecule has 2 nitrogen and oxygen atoms in total. The molecule has 1 atom stereocenters. The number of para-hydroxylation sites is 1. The van der Waals surface area contributed by atoms with E-state index in [9.17, 15) is 0 Å². The summed E-state index contributed by atoms with van der Waals surface area (Å²) in [4.78, 5) is 2.57. The molecule has 1 aromatic rings. The van der Waals surface area contributed by atoms with Crippen molar-refractivity contribution in [3.63, 3.8) is 0 Å². The van der Waals surface area contributed by atoms with Crippen LogP contribution >= 0.6 is 0 Å². The Labute approximate surface area is 119 Å². The zero-order chi connectivity index (χ0) is 14.5. The van der Waals surface area contributed by atoms with Gasteiger partial charge in [-0.15, -0.1) is 0 Å². The number of anilines is 1. The van der Waals surface area contributed by atoms with Crippen molar-refractivity contribution in [1.29, 1.82) is 0 Å². The normalized spacial score (nSPS) is 13.9. The van der Waals surface area contributed by atoms with Crippen molar-refractivity contribution in [3.05, 3.63) is 30.3 Å². The van der Waals surface area contributed by atoms with Crippen LogP contribution in [0.4, 0.5) is 5.69 Å². The number of benzene rings is 1. The van der Waals surface area contributed by atoms with Gasteiger partial charge in [0, 0.05) is 30.4 Å². The predicted molar refractivity (Wildman–Crippen MR) is 85.7 cm³/mol. The molecule has 0 heterocycles. The van der Waals surface area contributed by atoms with Gasteiger partial charge in [0.05, 0.1) is 0 Å². The minimum atomic E-state index is 0.219. The van der Waals surface area contributed by atoms with E-state index >= 15 is 0 Å². The minimum absolute atomic E-state index is 0.219. The third-order valence-electron chi connectivity index (χ3n) is 3.22. The predicted octanol–water partition coefficient (Wildman–Crippen LogP) is 4.24. The summed E-state index contributed by atoms with van der Waals surface area (Å²) in [5, 5.41) is 3.58. The molecule has 0 amide bonds. The first-order chi connectivity index (χ1) is 8.79. The van der Waals surface area contributed by atoms with E-state index in [4.69, 9.17) is 0 Å². The fourth-order valence-corrected chi connectivity index (χ4v) is 2.26. The van der Waals surface area contributed by atoms with Gasteiger partial charge in [-0.25, -0.2) is 0 Å². The van der Waals surface area contributed by atoms with Crippen LogP contribution in [0.25, 0.3) is 0 Å². The quantitative estimate of drug-likeness (QED) is 0.824. The number of nitrogens with zero attached hydrogens (tertiary/aromatic N) is 1. The second-order valence-electron chi connectivity index (χ2n) is 6.88. The highest BCUT2D eigenvalue weighted by Gasteiger charge is 2.23. The molecule has 108 valence electrons. The fourth-order valence-electron chi connectivity index (χ4n) is 2.26.